The Bertz CT molecular complexity index is 1280. The summed E-state index contributed by atoms with van der Waals surface area (Å²) in [5.41, 5.74) is 1.65. The Morgan fingerprint density at radius 3 is 2.76 bits per heavy atom. The number of hydrogen-bond donors (Lipinski definition) is 0. The number of aromatic nitrogens is 1. The Morgan fingerprint density at radius 2 is 2.00 bits per heavy atom. The third-order valence-electron chi connectivity index (χ3n) is 4.93. The number of fused-ring (bicyclic) bond motifs is 1. The van der Waals surface area contributed by atoms with Gasteiger partial charge in [-0.1, -0.05) is 12.1 Å². The van der Waals surface area contributed by atoms with Crippen LogP contribution in [0.5, 0.6) is 0 Å². The molecule has 1 atom stereocenters. The molecule has 0 bridgehead atoms. The minimum absolute atomic E-state index is 0.193. The molecule has 1 aromatic carbocycles. The van der Waals surface area contributed by atoms with Crippen LogP contribution in [0.3, 0.4) is 0 Å². The van der Waals surface area contributed by atoms with Gasteiger partial charge >= 0.3 is 5.76 Å². The average molecular weight is 391 g/mol. The summed E-state index contributed by atoms with van der Waals surface area (Å²) in [5, 5.41) is 5.86. The molecule has 0 spiro atoms. The number of furan rings is 2. The highest BCUT2D eigenvalue weighted by atomic mass is 16.4. The lowest BCUT2D eigenvalue weighted by Gasteiger charge is -2.19. The van der Waals surface area contributed by atoms with E-state index >= 15 is 0 Å². The molecule has 0 fully saturated rings. The van der Waals surface area contributed by atoms with Gasteiger partial charge in [0.25, 0.3) is 5.91 Å². The summed E-state index contributed by atoms with van der Waals surface area (Å²) in [6.07, 6.45) is 2.01. The van der Waals surface area contributed by atoms with E-state index in [2.05, 4.69) is 5.10 Å². The number of para-hydroxylation sites is 2. The van der Waals surface area contributed by atoms with Crippen LogP contribution in [0.1, 0.15) is 29.7 Å². The maximum Gasteiger partial charge on any atom is 0.420 e. The third-order valence-corrected chi connectivity index (χ3v) is 4.93. The molecule has 4 heterocycles. The number of rotatable bonds is 4. The number of hydrogen-bond acceptors (Lipinski definition) is 6. The van der Waals surface area contributed by atoms with Gasteiger partial charge < -0.3 is 13.3 Å². The number of benzene rings is 1. The van der Waals surface area contributed by atoms with Crippen LogP contribution in [-0.2, 0) is 11.3 Å². The van der Waals surface area contributed by atoms with E-state index in [1.165, 1.54) is 9.58 Å². The van der Waals surface area contributed by atoms with E-state index in [0.29, 0.717) is 34.8 Å². The van der Waals surface area contributed by atoms with Crippen LogP contribution in [-0.4, -0.2) is 21.2 Å². The van der Waals surface area contributed by atoms with Crippen molar-refractivity contribution in [1.82, 2.24) is 9.58 Å². The minimum Gasteiger partial charge on any atom is -0.467 e. The van der Waals surface area contributed by atoms with Gasteiger partial charge in [-0.25, -0.2) is 9.80 Å². The molecule has 1 aliphatic rings. The highest BCUT2D eigenvalue weighted by Gasteiger charge is 2.36. The Morgan fingerprint density at radius 1 is 1.14 bits per heavy atom. The smallest absolute Gasteiger partial charge is 0.420 e. The predicted octanol–water partition coefficient (Wildman–Crippen LogP) is 3.47. The highest BCUT2D eigenvalue weighted by Crippen LogP contribution is 2.33. The quantitative estimate of drug-likeness (QED) is 0.531. The van der Waals surface area contributed by atoms with E-state index in [9.17, 15) is 9.59 Å². The van der Waals surface area contributed by atoms with Crippen LogP contribution in [0.2, 0.25) is 0 Å². The maximum absolute atomic E-state index is 13.1. The summed E-state index contributed by atoms with van der Waals surface area (Å²) in [5.74, 6) is 1.06. The first-order chi connectivity index (χ1) is 14.1. The van der Waals surface area contributed by atoms with Crippen LogP contribution in [0.15, 0.2) is 77.9 Å². The van der Waals surface area contributed by atoms with Gasteiger partial charge in [0, 0.05) is 6.42 Å². The monoisotopic (exact) mass is 391 g/mol. The Kier molecular flexibility index (Phi) is 3.97. The van der Waals surface area contributed by atoms with Crippen molar-refractivity contribution in [2.24, 2.45) is 5.10 Å². The summed E-state index contributed by atoms with van der Waals surface area (Å²) >= 11 is 0. The van der Waals surface area contributed by atoms with Crippen LogP contribution in [0.25, 0.3) is 11.1 Å². The number of aryl methyl sites for hydroxylation is 1. The van der Waals surface area contributed by atoms with Gasteiger partial charge in [0.15, 0.2) is 5.58 Å². The molecule has 0 radical (unpaired) electrons. The molecular weight excluding hydrogens is 374 g/mol. The van der Waals surface area contributed by atoms with E-state index in [1.54, 1.807) is 42.7 Å². The van der Waals surface area contributed by atoms with Crippen molar-refractivity contribution in [2.45, 2.75) is 25.9 Å². The molecule has 3 aromatic heterocycles. The number of carbonyl (C=O) groups excluding carboxylic acids is 1. The maximum atomic E-state index is 13.1. The molecule has 0 saturated heterocycles. The molecule has 5 rings (SSSR count). The first-order valence-corrected chi connectivity index (χ1v) is 9.18. The first-order valence-electron chi connectivity index (χ1n) is 9.18. The fourth-order valence-electron chi connectivity index (χ4n) is 3.55. The van der Waals surface area contributed by atoms with Crippen molar-refractivity contribution in [3.63, 3.8) is 0 Å². The van der Waals surface area contributed by atoms with Gasteiger partial charge in [-0.15, -0.1) is 0 Å². The van der Waals surface area contributed by atoms with Gasteiger partial charge in [-0.2, -0.15) is 5.10 Å². The lowest BCUT2D eigenvalue weighted by molar-refractivity contribution is -0.134. The summed E-state index contributed by atoms with van der Waals surface area (Å²) < 4.78 is 17.7. The van der Waals surface area contributed by atoms with E-state index in [0.717, 1.165) is 5.76 Å². The summed E-state index contributed by atoms with van der Waals surface area (Å²) in [4.78, 5) is 25.4. The molecular formula is C21H17N3O5. The molecule has 0 aliphatic carbocycles. The van der Waals surface area contributed by atoms with Crippen molar-refractivity contribution in [1.29, 1.82) is 0 Å². The van der Waals surface area contributed by atoms with Crippen molar-refractivity contribution in [3.8, 4) is 0 Å². The van der Waals surface area contributed by atoms with E-state index in [1.807, 2.05) is 19.1 Å². The fourth-order valence-corrected chi connectivity index (χ4v) is 3.55. The Hall–Kier alpha value is -3.81. The molecule has 0 unspecified atom stereocenters. The van der Waals surface area contributed by atoms with E-state index in [4.69, 9.17) is 13.3 Å². The highest BCUT2D eigenvalue weighted by molar-refractivity contribution is 6.01. The molecule has 146 valence electrons. The average Bonchev–Trinajstić information content (AvgIpc) is 3.48. The van der Waals surface area contributed by atoms with Gasteiger partial charge in [0.2, 0.25) is 0 Å². The zero-order valence-corrected chi connectivity index (χ0v) is 15.6. The van der Waals surface area contributed by atoms with Crippen molar-refractivity contribution >= 4 is 22.7 Å². The molecule has 29 heavy (non-hydrogen) atoms. The van der Waals surface area contributed by atoms with Gasteiger partial charge in [-0.05, 0) is 43.3 Å². The zero-order chi connectivity index (χ0) is 20.0. The predicted molar refractivity (Wildman–Crippen MR) is 103 cm³/mol. The van der Waals surface area contributed by atoms with Gasteiger partial charge in [0.05, 0.1) is 11.8 Å². The van der Waals surface area contributed by atoms with Crippen LogP contribution >= 0.6 is 0 Å². The second-order valence-corrected chi connectivity index (χ2v) is 6.85. The summed E-state index contributed by atoms with van der Waals surface area (Å²) in [6, 6.07) is 13.8. The first kappa shape index (κ1) is 17.3. The molecule has 0 N–H and O–H groups in total. The zero-order valence-electron chi connectivity index (χ0n) is 15.6. The van der Waals surface area contributed by atoms with Gasteiger partial charge in [-0.3, -0.25) is 9.36 Å². The lowest BCUT2D eigenvalue weighted by atomic mass is 10.1. The van der Waals surface area contributed by atoms with Crippen LogP contribution in [0, 0.1) is 6.92 Å². The molecule has 4 aromatic rings. The largest absolute Gasteiger partial charge is 0.467 e. The van der Waals surface area contributed by atoms with Crippen molar-refractivity contribution in [2.75, 3.05) is 0 Å². The second kappa shape index (κ2) is 6.66. The number of nitrogens with zero attached hydrogens (tertiary/aromatic N) is 3. The Balaban J connectivity index is 1.50. The summed E-state index contributed by atoms with van der Waals surface area (Å²) in [6.45, 7) is 1.66. The third kappa shape index (κ3) is 2.98. The lowest BCUT2D eigenvalue weighted by Crippen LogP contribution is -2.32. The van der Waals surface area contributed by atoms with Crippen molar-refractivity contribution < 1.29 is 18.0 Å². The normalized spacial score (nSPS) is 16.5. The molecule has 0 saturated carbocycles. The standard InChI is InChI=1S/C21H17N3O5/c1-13-8-9-17(28-13)14-11-16(18-7-4-10-27-18)24(22-14)20(25)12-23-15-5-2-3-6-19(15)29-21(23)26/h2-10,16H,11-12H2,1H3/t16-/m0/s1. The molecule has 1 aliphatic heterocycles. The van der Waals surface area contributed by atoms with E-state index in [-0.39, 0.29) is 12.5 Å². The topological polar surface area (TPSA) is 94.1 Å². The number of amides is 1. The number of hydrazone groups is 1. The van der Waals surface area contributed by atoms with Crippen molar-refractivity contribution in [3.05, 3.63) is 82.6 Å². The SMILES string of the molecule is Cc1ccc(C2=NN(C(=O)Cn3c(=O)oc4ccccc43)[C@H](c3ccco3)C2)o1. The van der Waals surface area contributed by atoms with Crippen LogP contribution < -0.4 is 5.76 Å². The number of oxazole rings is 1. The summed E-state index contributed by atoms with van der Waals surface area (Å²) in [7, 11) is 0. The molecule has 8 nitrogen and oxygen atoms in total. The molecule has 1 amide bonds. The van der Waals surface area contributed by atoms with Crippen LogP contribution in [0.4, 0.5) is 0 Å². The molecule has 8 heteroatoms. The second-order valence-electron chi connectivity index (χ2n) is 6.85. The Labute approximate surface area is 164 Å². The fraction of sp³-hybridized carbons (Fsp3) is 0.190. The minimum atomic E-state index is -0.584. The van der Waals surface area contributed by atoms with E-state index < -0.39 is 11.8 Å². The number of carbonyl (C=O) groups is 1. The van der Waals surface area contributed by atoms with Gasteiger partial charge in [0.1, 0.15) is 35.6 Å².